The van der Waals surface area contributed by atoms with Gasteiger partial charge in [-0.25, -0.2) is 4.98 Å². The van der Waals surface area contributed by atoms with Crippen LogP contribution in [0.5, 0.6) is 0 Å². The molecular weight excluding hydrogens is 293 g/mol. The summed E-state index contributed by atoms with van der Waals surface area (Å²) >= 11 is 8.92. The van der Waals surface area contributed by atoms with Gasteiger partial charge in [-0.15, -0.1) is 11.3 Å². The van der Waals surface area contributed by atoms with Crippen molar-refractivity contribution in [2.45, 2.75) is 0 Å². The SMILES string of the molecule is [ClH+]c1ccc2sc(I)nc2c1. The smallest absolute Gasteiger partial charge is 0.227 e. The highest BCUT2D eigenvalue weighted by Gasteiger charge is 2.03. The number of fused-ring (bicyclic) bond motifs is 1. The summed E-state index contributed by atoms with van der Waals surface area (Å²) in [6.45, 7) is 0. The summed E-state index contributed by atoms with van der Waals surface area (Å²) < 4.78 is 2.28. The third-order valence-electron chi connectivity index (χ3n) is 1.33. The van der Waals surface area contributed by atoms with Gasteiger partial charge in [0.2, 0.25) is 5.02 Å². The van der Waals surface area contributed by atoms with Crippen molar-refractivity contribution in [3.05, 3.63) is 26.2 Å². The predicted octanol–water partition coefficient (Wildman–Crippen LogP) is 2.60. The zero-order chi connectivity index (χ0) is 7.84. The zero-order valence-corrected chi connectivity index (χ0v) is 9.16. The van der Waals surface area contributed by atoms with E-state index in [1.807, 2.05) is 18.2 Å². The van der Waals surface area contributed by atoms with Crippen LogP contribution in [-0.2, 0) is 0 Å². The normalized spacial score (nSPS) is 10.7. The van der Waals surface area contributed by atoms with E-state index in [9.17, 15) is 0 Å². The molecule has 1 aromatic heterocycles. The van der Waals surface area contributed by atoms with E-state index in [4.69, 9.17) is 11.6 Å². The van der Waals surface area contributed by atoms with Crippen molar-refractivity contribution in [2.75, 3.05) is 0 Å². The van der Waals surface area contributed by atoms with Gasteiger partial charge in [-0.2, -0.15) is 0 Å². The van der Waals surface area contributed by atoms with Crippen molar-refractivity contribution in [3.8, 4) is 0 Å². The maximum Gasteiger partial charge on any atom is 0.227 e. The summed E-state index contributed by atoms with van der Waals surface area (Å²) in [5.41, 5.74) is 1.02. The largest absolute Gasteiger partial charge is 0.230 e. The van der Waals surface area contributed by atoms with Crippen LogP contribution in [0.15, 0.2) is 18.2 Å². The van der Waals surface area contributed by atoms with E-state index < -0.39 is 0 Å². The molecule has 0 fully saturated rings. The first-order chi connectivity index (χ1) is 5.25. The van der Waals surface area contributed by atoms with Gasteiger partial charge in [-0.05, 0) is 28.7 Å². The molecule has 1 aromatic carbocycles. The maximum atomic E-state index is 5.01. The number of nitrogens with zero attached hydrogens (tertiary/aromatic N) is 1. The molecule has 0 saturated heterocycles. The number of halogens is 2. The number of hydrogen-bond donors (Lipinski definition) is 0. The molecule has 0 N–H and O–H groups in total. The van der Waals surface area contributed by atoms with Gasteiger partial charge in [0, 0.05) is 12.1 Å². The van der Waals surface area contributed by atoms with E-state index in [0.29, 0.717) is 0 Å². The van der Waals surface area contributed by atoms with E-state index >= 15 is 0 Å². The minimum atomic E-state index is 0.860. The molecule has 2 rings (SSSR count). The molecule has 0 bridgehead atoms. The standard InChI is InChI=1S/C7H4ClINS/c8-4-1-2-6-5(3-4)10-7(9)11-6/h1-3,8H/q+1. The Balaban J connectivity index is 2.82. The fourth-order valence-electron chi connectivity index (χ4n) is 0.879. The molecule has 0 aliphatic carbocycles. The monoisotopic (exact) mass is 296 g/mol. The summed E-state index contributed by atoms with van der Waals surface area (Å²) in [5.74, 6) is 0. The fourth-order valence-corrected chi connectivity index (χ4v) is 2.70. The number of hydrogen-bond acceptors (Lipinski definition) is 2. The van der Waals surface area contributed by atoms with Crippen molar-refractivity contribution in [3.63, 3.8) is 0 Å². The van der Waals surface area contributed by atoms with Crippen LogP contribution < -0.4 is 0 Å². The van der Waals surface area contributed by atoms with Crippen LogP contribution in [0.4, 0.5) is 0 Å². The molecule has 1 nitrogen and oxygen atoms in total. The molecule has 0 unspecified atom stereocenters. The molecule has 11 heavy (non-hydrogen) atoms. The molecule has 2 aromatic rings. The Bertz CT molecular complexity index is 398. The van der Waals surface area contributed by atoms with E-state index in [-0.39, 0.29) is 0 Å². The third kappa shape index (κ3) is 1.50. The molecule has 0 spiro atoms. The van der Waals surface area contributed by atoms with E-state index in [1.54, 1.807) is 11.3 Å². The quantitative estimate of drug-likeness (QED) is 0.681. The molecule has 0 aliphatic heterocycles. The van der Waals surface area contributed by atoms with Crippen LogP contribution in [0.2, 0.25) is 5.02 Å². The Morgan fingerprint density at radius 1 is 1.45 bits per heavy atom. The fraction of sp³-hybridized carbons (Fsp3) is 0. The average Bonchev–Trinajstić information content (AvgIpc) is 2.27. The second-order valence-corrected chi connectivity index (χ2v) is 5.35. The van der Waals surface area contributed by atoms with Crippen LogP contribution in [0.25, 0.3) is 10.2 Å². The van der Waals surface area contributed by atoms with Crippen LogP contribution in [0.3, 0.4) is 0 Å². The number of thiazole rings is 1. The van der Waals surface area contributed by atoms with Crippen LogP contribution >= 0.6 is 33.9 Å². The van der Waals surface area contributed by atoms with Gasteiger partial charge in [-0.1, -0.05) is 0 Å². The van der Waals surface area contributed by atoms with E-state index in [1.165, 1.54) is 4.70 Å². The molecular formula is C7H4ClINS+. The van der Waals surface area contributed by atoms with Gasteiger partial charge in [0.05, 0.1) is 10.2 Å². The lowest BCUT2D eigenvalue weighted by Gasteiger charge is -1.81. The van der Waals surface area contributed by atoms with E-state index in [0.717, 1.165) is 13.6 Å². The highest BCUT2D eigenvalue weighted by Crippen LogP contribution is 2.23. The topological polar surface area (TPSA) is 12.9 Å². The Labute approximate surface area is 86.5 Å². The maximum absolute atomic E-state index is 5.01. The lowest BCUT2D eigenvalue weighted by Crippen LogP contribution is -1.69. The van der Waals surface area contributed by atoms with Crippen LogP contribution in [0.1, 0.15) is 0 Å². The zero-order valence-electron chi connectivity index (χ0n) is 5.37. The van der Waals surface area contributed by atoms with Gasteiger partial charge in [-0.3, -0.25) is 0 Å². The minimum Gasteiger partial charge on any atom is -0.230 e. The minimum absolute atomic E-state index is 0.860. The van der Waals surface area contributed by atoms with Crippen molar-refractivity contribution in [1.82, 2.24) is 4.98 Å². The highest BCUT2D eigenvalue weighted by molar-refractivity contribution is 14.1. The van der Waals surface area contributed by atoms with Gasteiger partial charge in [0.25, 0.3) is 0 Å². The summed E-state index contributed by atoms with van der Waals surface area (Å²) in [5, 5.41) is 0.860. The average molecular weight is 297 g/mol. The van der Waals surface area contributed by atoms with Crippen molar-refractivity contribution >= 4 is 44.1 Å². The first kappa shape index (κ1) is 7.76. The first-order valence-corrected chi connectivity index (χ1v) is 5.29. The Hall–Kier alpha value is 0.130. The van der Waals surface area contributed by atoms with Crippen molar-refractivity contribution in [2.24, 2.45) is 0 Å². The Morgan fingerprint density at radius 2 is 2.27 bits per heavy atom. The molecule has 0 atom stereocenters. The van der Waals surface area contributed by atoms with Crippen molar-refractivity contribution in [1.29, 1.82) is 0 Å². The molecule has 0 amide bonds. The molecule has 0 saturated carbocycles. The number of benzene rings is 1. The Kier molecular flexibility index (Phi) is 2.03. The van der Waals surface area contributed by atoms with Crippen LogP contribution in [-0.4, -0.2) is 4.98 Å². The number of rotatable bonds is 0. The first-order valence-electron chi connectivity index (χ1n) is 2.99. The molecule has 0 radical (unpaired) electrons. The van der Waals surface area contributed by atoms with Gasteiger partial charge >= 0.3 is 0 Å². The van der Waals surface area contributed by atoms with Gasteiger partial charge in [0.15, 0.2) is 14.6 Å². The van der Waals surface area contributed by atoms with Crippen LogP contribution in [0, 0.1) is 14.6 Å². The summed E-state index contributed by atoms with van der Waals surface area (Å²) in [7, 11) is 0. The summed E-state index contributed by atoms with van der Waals surface area (Å²) in [4.78, 5) is 4.31. The summed E-state index contributed by atoms with van der Waals surface area (Å²) in [6.07, 6.45) is 0. The highest BCUT2D eigenvalue weighted by atomic mass is 127. The summed E-state index contributed by atoms with van der Waals surface area (Å²) in [6, 6.07) is 5.90. The Morgan fingerprint density at radius 3 is 3.09 bits per heavy atom. The molecule has 0 aliphatic rings. The van der Waals surface area contributed by atoms with Crippen molar-refractivity contribution < 1.29 is 11.6 Å². The lowest BCUT2D eigenvalue weighted by atomic mass is 10.3. The lowest BCUT2D eigenvalue weighted by molar-refractivity contribution is -0.288. The van der Waals surface area contributed by atoms with E-state index in [2.05, 4.69) is 27.6 Å². The third-order valence-corrected chi connectivity index (χ3v) is 3.31. The predicted molar refractivity (Wildman–Crippen MR) is 52.9 cm³/mol. The number of aromatic nitrogens is 1. The van der Waals surface area contributed by atoms with Gasteiger partial charge < -0.3 is 0 Å². The molecule has 56 valence electrons. The second kappa shape index (κ2) is 2.88. The molecule has 1 heterocycles. The van der Waals surface area contributed by atoms with Gasteiger partial charge in [0.1, 0.15) is 0 Å². The second-order valence-electron chi connectivity index (χ2n) is 2.10. The molecule has 4 heteroatoms.